The first-order valence-corrected chi connectivity index (χ1v) is 12.1. The molecule has 0 aromatic carbocycles. The summed E-state index contributed by atoms with van der Waals surface area (Å²) in [6, 6.07) is 0.929. The van der Waals surface area contributed by atoms with Crippen molar-refractivity contribution in [3.8, 4) is 0 Å². The van der Waals surface area contributed by atoms with Gasteiger partial charge in [0, 0.05) is 19.4 Å². The number of hydrogen-bond donors (Lipinski definition) is 6. The number of hydrogen-bond acceptors (Lipinski definition) is 11. The molecule has 6 N–H and O–H groups in total. The molecule has 0 radical (unpaired) electrons. The zero-order valence-corrected chi connectivity index (χ0v) is 17.5. The number of aromatic amines is 1. The molecule has 1 aromatic rings. The lowest BCUT2D eigenvalue weighted by atomic mass is 10.1. The van der Waals surface area contributed by atoms with Crippen molar-refractivity contribution < 1.29 is 61.0 Å². The highest BCUT2D eigenvalue weighted by Gasteiger charge is 2.51. The van der Waals surface area contributed by atoms with Gasteiger partial charge in [-0.3, -0.25) is 18.9 Å². The highest BCUT2D eigenvalue weighted by molar-refractivity contribution is 7.66. The van der Waals surface area contributed by atoms with Crippen molar-refractivity contribution in [3.05, 3.63) is 33.1 Å². The molecule has 0 bridgehead atoms. The molecule has 0 amide bonds. The predicted molar refractivity (Wildman–Crippen MR) is 91.9 cm³/mol. The summed E-state index contributed by atoms with van der Waals surface area (Å²) in [5, 5.41) is 10.4. The van der Waals surface area contributed by atoms with Crippen LogP contribution in [-0.2, 0) is 36.3 Å². The molecule has 2 rings (SSSR count). The minimum absolute atomic E-state index is 0.369. The van der Waals surface area contributed by atoms with Crippen LogP contribution < -0.4 is 11.2 Å². The van der Waals surface area contributed by atoms with Crippen LogP contribution in [0.4, 0.5) is 0 Å². The average molecular weight is 498 g/mol. The number of nitrogens with zero attached hydrogens (tertiary/aromatic N) is 1. The molecule has 17 nitrogen and oxygen atoms in total. The summed E-state index contributed by atoms with van der Waals surface area (Å²) in [5.74, 6) is 0. The third kappa shape index (κ3) is 6.73. The Bertz CT molecular complexity index is 1010. The summed E-state index contributed by atoms with van der Waals surface area (Å²) < 4.78 is 56.9. The smallest absolute Gasteiger partial charge is 0.386 e. The van der Waals surface area contributed by atoms with Crippen LogP contribution >= 0.6 is 23.5 Å². The molecule has 0 aliphatic carbocycles. The Kier molecular flexibility index (Phi) is 7.76. The van der Waals surface area contributed by atoms with E-state index in [1.54, 1.807) is 0 Å². The second-order valence-electron chi connectivity index (χ2n) is 5.69. The molecule has 2 unspecified atom stereocenters. The molecular weight excluding hydrogens is 481 g/mol. The topological polar surface area (TPSA) is 253 Å². The summed E-state index contributed by atoms with van der Waals surface area (Å²) in [6.07, 6.45) is -5.60. The maximum absolute atomic E-state index is 12.0. The lowest BCUT2D eigenvalue weighted by Gasteiger charge is -2.23. The highest BCUT2D eigenvalue weighted by Crippen LogP contribution is 2.67. The summed E-state index contributed by atoms with van der Waals surface area (Å²) in [6.45, 7) is -0.369. The molecule has 1 saturated heterocycles. The van der Waals surface area contributed by atoms with Gasteiger partial charge in [-0.25, -0.2) is 18.5 Å². The number of H-pyrrole nitrogens is 1. The van der Waals surface area contributed by atoms with E-state index >= 15 is 0 Å². The molecule has 172 valence electrons. The minimum Gasteiger partial charge on any atom is -0.386 e. The van der Waals surface area contributed by atoms with E-state index in [4.69, 9.17) is 19.3 Å². The largest absolute Gasteiger partial charge is 0.490 e. The van der Waals surface area contributed by atoms with E-state index in [9.17, 15) is 38.2 Å². The molecule has 1 aliphatic heterocycles. The second kappa shape index (κ2) is 9.22. The van der Waals surface area contributed by atoms with Crippen LogP contribution in [0.25, 0.3) is 0 Å². The van der Waals surface area contributed by atoms with Gasteiger partial charge in [0.2, 0.25) is 0 Å². The Morgan fingerprint density at radius 3 is 2.30 bits per heavy atom. The SMILES string of the molecule is COC[C@H]1O[C@@H](n2ccc(=O)[nH]c2=O)[C@H](O)[C@@H]1OP(=O)(O)OP(=O)(O)OP(=O)(O)O. The van der Waals surface area contributed by atoms with Crippen molar-refractivity contribution in [2.24, 2.45) is 0 Å². The van der Waals surface area contributed by atoms with E-state index in [1.807, 2.05) is 4.98 Å². The molecule has 0 saturated carbocycles. The molecule has 1 aliphatic rings. The highest BCUT2D eigenvalue weighted by atomic mass is 31.3. The molecular formula is C10H17N2O15P3. The van der Waals surface area contributed by atoms with Gasteiger partial charge in [-0.05, 0) is 0 Å². The van der Waals surface area contributed by atoms with E-state index in [-0.39, 0.29) is 6.61 Å². The van der Waals surface area contributed by atoms with Crippen LogP contribution in [0.3, 0.4) is 0 Å². The zero-order chi connectivity index (χ0) is 22.9. The van der Waals surface area contributed by atoms with Crippen molar-refractivity contribution in [1.29, 1.82) is 0 Å². The first-order valence-electron chi connectivity index (χ1n) is 7.60. The Labute approximate surface area is 166 Å². The van der Waals surface area contributed by atoms with E-state index in [0.717, 1.165) is 16.8 Å². The van der Waals surface area contributed by atoms with Gasteiger partial charge in [0.1, 0.15) is 18.3 Å². The number of phosphoric ester groups is 1. The monoisotopic (exact) mass is 498 g/mol. The van der Waals surface area contributed by atoms with Gasteiger partial charge in [0.25, 0.3) is 5.56 Å². The summed E-state index contributed by atoms with van der Waals surface area (Å²) in [7, 11) is -15.8. The summed E-state index contributed by atoms with van der Waals surface area (Å²) >= 11 is 0. The van der Waals surface area contributed by atoms with Crippen LogP contribution in [0, 0.1) is 0 Å². The van der Waals surface area contributed by atoms with Gasteiger partial charge in [-0.2, -0.15) is 8.62 Å². The predicted octanol–water partition coefficient (Wildman–Crippen LogP) is -1.85. The maximum Gasteiger partial charge on any atom is 0.490 e. The maximum atomic E-state index is 12.0. The third-order valence-corrected chi connectivity index (χ3v) is 7.27. The normalized spacial score (nSPS) is 28.7. The molecule has 6 atom stereocenters. The molecule has 2 heterocycles. The fourth-order valence-corrected chi connectivity index (χ4v) is 5.69. The summed E-state index contributed by atoms with van der Waals surface area (Å²) in [4.78, 5) is 60.9. The number of ether oxygens (including phenoxy) is 2. The standard InChI is InChI=1S/C10H17N2O15P3/c1-23-4-5-8(25-29(19,20)27-30(21,22)26-28(16,17)18)7(14)9(24-5)12-3-2-6(13)11-10(12)15/h2-3,5,7-9,14H,4H2,1H3,(H,19,20)(H,21,22)(H,11,13,15)(H2,16,17,18)/t5-,7-,8-,9-/m1/s1. The zero-order valence-electron chi connectivity index (χ0n) is 14.8. The van der Waals surface area contributed by atoms with Gasteiger partial charge >= 0.3 is 29.2 Å². The van der Waals surface area contributed by atoms with E-state index in [2.05, 4.69) is 13.1 Å². The molecule has 1 fully saturated rings. The minimum atomic E-state index is -5.78. The number of aliphatic hydroxyl groups excluding tert-OH is 1. The van der Waals surface area contributed by atoms with Gasteiger partial charge in [0.15, 0.2) is 6.23 Å². The molecule has 20 heteroatoms. The lowest BCUT2D eigenvalue weighted by molar-refractivity contribution is -0.0612. The van der Waals surface area contributed by atoms with Gasteiger partial charge in [-0.1, -0.05) is 0 Å². The first-order chi connectivity index (χ1) is 13.6. The Balaban J connectivity index is 2.26. The van der Waals surface area contributed by atoms with Crippen LogP contribution in [0.15, 0.2) is 21.9 Å². The molecule has 1 aromatic heterocycles. The Morgan fingerprint density at radius 2 is 1.77 bits per heavy atom. The van der Waals surface area contributed by atoms with Crippen molar-refractivity contribution >= 4 is 23.5 Å². The number of aromatic nitrogens is 2. The van der Waals surface area contributed by atoms with Crippen molar-refractivity contribution in [3.63, 3.8) is 0 Å². The van der Waals surface area contributed by atoms with Crippen molar-refractivity contribution in [1.82, 2.24) is 9.55 Å². The van der Waals surface area contributed by atoms with Crippen LogP contribution in [0.5, 0.6) is 0 Å². The summed E-state index contributed by atoms with van der Waals surface area (Å²) in [5.41, 5.74) is -1.75. The van der Waals surface area contributed by atoms with Gasteiger partial charge < -0.3 is 34.2 Å². The number of nitrogens with one attached hydrogen (secondary N) is 1. The number of aliphatic hydroxyl groups is 1. The number of phosphoric acid groups is 3. The quantitative estimate of drug-likeness (QED) is 0.204. The first kappa shape index (κ1) is 25.2. The van der Waals surface area contributed by atoms with Crippen molar-refractivity contribution in [2.45, 2.75) is 24.5 Å². The van der Waals surface area contributed by atoms with E-state index in [1.165, 1.54) is 7.11 Å². The van der Waals surface area contributed by atoms with E-state index < -0.39 is 59.3 Å². The lowest BCUT2D eigenvalue weighted by Crippen LogP contribution is -2.38. The van der Waals surface area contributed by atoms with Crippen LogP contribution in [0.2, 0.25) is 0 Å². The second-order valence-corrected chi connectivity index (χ2v) is 10.1. The fourth-order valence-electron chi connectivity index (χ4n) is 2.46. The fraction of sp³-hybridized carbons (Fsp3) is 0.600. The average Bonchev–Trinajstić information content (AvgIpc) is 2.80. The molecule has 0 spiro atoms. The Hall–Kier alpha value is -1.03. The number of rotatable bonds is 9. The Morgan fingerprint density at radius 1 is 1.13 bits per heavy atom. The van der Waals surface area contributed by atoms with Crippen LogP contribution in [-0.4, -0.2) is 66.3 Å². The number of methoxy groups -OCH3 is 1. The third-order valence-electron chi connectivity index (χ3n) is 3.44. The van der Waals surface area contributed by atoms with Crippen molar-refractivity contribution in [2.75, 3.05) is 13.7 Å². The van der Waals surface area contributed by atoms with Gasteiger partial charge in [0.05, 0.1) is 6.61 Å². The van der Waals surface area contributed by atoms with Crippen LogP contribution in [0.1, 0.15) is 6.23 Å². The molecule has 30 heavy (non-hydrogen) atoms. The van der Waals surface area contributed by atoms with E-state index in [0.29, 0.717) is 0 Å². The van der Waals surface area contributed by atoms with Gasteiger partial charge in [-0.15, -0.1) is 0 Å².